The molecule has 1 aromatic carbocycles. The van der Waals surface area contributed by atoms with E-state index in [0.717, 1.165) is 5.56 Å². The standard InChI is InChI=1S/C17H23NOS/c1-12(2)14-6-8-15(9-7-14)16(19)11-18-13(3)17-5-4-10-20-17/h4-10,12-13,16,18-19H,11H2,1-3H3/t13-,16?/m1/s1. The average Bonchev–Trinajstić information content (AvgIpc) is 2.98. The molecule has 1 heterocycles. The van der Waals surface area contributed by atoms with Gasteiger partial charge in [-0.25, -0.2) is 0 Å². The SMILES string of the molecule is CC(C)c1ccc(C(O)CN[C@H](C)c2cccs2)cc1. The van der Waals surface area contributed by atoms with E-state index in [4.69, 9.17) is 0 Å². The number of hydrogen-bond acceptors (Lipinski definition) is 3. The molecule has 0 saturated heterocycles. The highest BCUT2D eigenvalue weighted by Gasteiger charge is 2.11. The normalized spacial score (nSPS) is 14.4. The molecule has 0 bridgehead atoms. The molecule has 20 heavy (non-hydrogen) atoms. The van der Waals surface area contributed by atoms with Crippen molar-refractivity contribution in [3.05, 3.63) is 57.8 Å². The largest absolute Gasteiger partial charge is 0.387 e. The summed E-state index contributed by atoms with van der Waals surface area (Å²) >= 11 is 1.74. The Morgan fingerprint density at radius 2 is 1.70 bits per heavy atom. The first-order chi connectivity index (χ1) is 9.58. The van der Waals surface area contributed by atoms with E-state index in [0.29, 0.717) is 12.5 Å². The van der Waals surface area contributed by atoms with Gasteiger partial charge in [0.25, 0.3) is 0 Å². The molecular weight excluding hydrogens is 266 g/mol. The fourth-order valence-electron chi connectivity index (χ4n) is 2.15. The second-order valence-corrected chi connectivity index (χ2v) is 6.46. The molecular formula is C17H23NOS. The Hall–Kier alpha value is -1.16. The average molecular weight is 289 g/mol. The van der Waals surface area contributed by atoms with Gasteiger partial charge in [0.2, 0.25) is 0 Å². The minimum absolute atomic E-state index is 0.277. The Morgan fingerprint density at radius 3 is 2.25 bits per heavy atom. The number of rotatable bonds is 6. The smallest absolute Gasteiger partial charge is 0.0914 e. The molecule has 2 aromatic rings. The van der Waals surface area contributed by atoms with E-state index in [-0.39, 0.29) is 6.04 Å². The van der Waals surface area contributed by atoms with Crippen LogP contribution in [0.25, 0.3) is 0 Å². The van der Waals surface area contributed by atoms with Gasteiger partial charge in [0.05, 0.1) is 6.10 Å². The molecule has 0 aliphatic rings. The van der Waals surface area contributed by atoms with Gasteiger partial charge in [0.1, 0.15) is 0 Å². The van der Waals surface area contributed by atoms with E-state index in [9.17, 15) is 5.11 Å². The predicted molar refractivity (Wildman–Crippen MR) is 86.2 cm³/mol. The zero-order valence-electron chi connectivity index (χ0n) is 12.3. The van der Waals surface area contributed by atoms with Crippen LogP contribution in [0.2, 0.25) is 0 Å². The molecule has 2 rings (SSSR count). The highest BCUT2D eigenvalue weighted by Crippen LogP contribution is 2.21. The van der Waals surface area contributed by atoms with Gasteiger partial charge in [-0.2, -0.15) is 0 Å². The highest BCUT2D eigenvalue weighted by molar-refractivity contribution is 7.10. The number of nitrogens with one attached hydrogen (secondary N) is 1. The van der Waals surface area contributed by atoms with E-state index < -0.39 is 6.10 Å². The second kappa shape index (κ2) is 7.02. The van der Waals surface area contributed by atoms with E-state index in [1.54, 1.807) is 11.3 Å². The molecule has 0 radical (unpaired) electrons. The highest BCUT2D eigenvalue weighted by atomic mass is 32.1. The summed E-state index contributed by atoms with van der Waals surface area (Å²) in [4.78, 5) is 1.30. The van der Waals surface area contributed by atoms with Crippen molar-refractivity contribution >= 4 is 11.3 Å². The summed E-state index contributed by atoms with van der Waals surface area (Å²) in [5.41, 5.74) is 2.28. The first-order valence-corrected chi connectivity index (χ1v) is 8.00. The van der Waals surface area contributed by atoms with E-state index in [1.165, 1.54) is 10.4 Å². The second-order valence-electron chi connectivity index (χ2n) is 5.48. The van der Waals surface area contributed by atoms with Crippen molar-refractivity contribution < 1.29 is 5.11 Å². The maximum Gasteiger partial charge on any atom is 0.0914 e. The zero-order chi connectivity index (χ0) is 14.5. The number of thiophene rings is 1. The van der Waals surface area contributed by atoms with Crippen LogP contribution in [0.1, 0.15) is 54.8 Å². The van der Waals surface area contributed by atoms with Crippen molar-refractivity contribution in [3.63, 3.8) is 0 Å². The fraction of sp³-hybridized carbons (Fsp3) is 0.412. The topological polar surface area (TPSA) is 32.3 Å². The van der Waals surface area contributed by atoms with Crippen LogP contribution in [0.3, 0.4) is 0 Å². The number of aliphatic hydroxyl groups is 1. The molecule has 2 nitrogen and oxygen atoms in total. The van der Waals surface area contributed by atoms with Crippen molar-refractivity contribution in [1.29, 1.82) is 0 Å². The monoisotopic (exact) mass is 289 g/mol. The van der Waals surface area contributed by atoms with Gasteiger partial charge in [-0.15, -0.1) is 11.3 Å². The maximum absolute atomic E-state index is 10.2. The van der Waals surface area contributed by atoms with Crippen LogP contribution in [0, 0.1) is 0 Å². The van der Waals surface area contributed by atoms with Gasteiger partial charge in [0, 0.05) is 17.5 Å². The fourth-order valence-corrected chi connectivity index (χ4v) is 2.91. The van der Waals surface area contributed by atoms with Gasteiger partial charge in [-0.1, -0.05) is 44.2 Å². The van der Waals surface area contributed by atoms with Crippen LogP contribution in [0.4, 0.5) is 0 Å². The van der Waals surface area contributed by atoms with Crippen molar-refractivity contribution in [2.24, 2.45) is 0 Å². The van der Waals surface area contributed by atoms with Crippen molar-refractivity contribution in [2.45, 2.75) is 38.8 Å². The maximum atomic E-state index is 10.2. The molecule has 1 unspecified atom stereocenters. The summed E-state index contributed by atoms with van der Waals surface area (Å²) in [7, 11) is 0. The molecule has 1 aromatic heterocycles. The van der Waals surface area contributed by atoms with Gasteiger partial charge < -0.3 is 10.4 Å². The van der Waals surface area contributed by atoms with Crippen molar-refractivity contribution in [2.75, 3.05) is 6.54 Å². The molecule has 2 N–H and O–H groups in total. The quantitative estimate of drug-likeness (QED) is 0.833. The van der Waals surface area contributed by atoms with Crippen LogP contribution in [0.5, 0.6) is 0 Å². The Morgan fingerprint density at radius 1 is 1.05 bits per heavy atom. The summed E-state index contributed by atoms with van der Waals surface area (Å²) in [5, 5.41) is 15.7. The Labute approximate surface area is 125 Å². The summed E-state index contributed by atoms with van der Waals surface area (Å²) in [5.74, 6) is 0.526. The lowest BCUT2D eigenvalue weighted by Gasteiger charge is -2.17. The van der Waals surface area contributed by atoms with Gasteiger partial charge in [0.15, 0.2) is 0 Å². The minimum Gasteiger partial charge on any atom is -0.387 e. The molecule has 0 fully saturated rings. The van der Waals surface area contributed by atoms with Crippen LogP contribution < -0.4 is 5.32 Å². The number of hydrogen-bond donors (Lipinski definition) is 2. The third-order valence-electron chi connectivity index (χ3n) is 3.58. The molecule has 0 amide bonds. The van der Waals surface area contributed by atoms with Crippen molar-refractivity contribution in [3.8, 4) is 0 Å². The molecule has 2 atom stereocenters. The van der Waals surface area contributed by atoms with Crippen LogP contribution >= 0.6 is 11.3 Å². The van der Waals surface area contributed by atoms with Crippen LogP contribution in [-0.4, -0.2) is 11.7 Å². The van der Waals surface area contributed by atoms with E-state index >= 15 is 0 Å². The van der Waals surface area contributed by atoms with Crippen LogP contribution in [0.15, 0.2) is 41.8 Å². The summed E-state index contributed by atoms with van der Waals surface area (Å²) in [6.45, 7) is 7.05. The molecule has 0 aliphatic heterocycles. The summed E-state index contributed by atoms with van der Waals surface area (Å²) in [6, 6.07) is 12.7. The van der Waals surface area contributed by atoms with Gasteiger partial charge in [-0.05, 0) is 35.4 Å². The van der Waals surface area contributed by atoms with Gasteiger partial charge >= 0.3 is 0 Å². The number of aliphatic hydroxyl groups excluding tert-OH is 1. The zero-order valence-corrected chi connectivity index (χ0v) is 13.2. The molecule has 0 spiro atoms. The molecule has 0 saturated carbocycles. The molecule has 108 valence electrons. The lowest BCUT2D eigenvalue weighted by molar-refractivity contribution is 0.171. The first-order valence-electron chi connectivity index (χ1n) is 7.12. The van der Waals surface area contributed by atoms with Crippen molar-refractivity contribution in [1.82, 2.24) is 5.32 Å². The summed E-state index contributed by atoms with van der Waals surface area (Å²) in [6.07, 6.45) is -0.460. The Balaban J connectivity index is 1.89. The van der Waals surface area contributed by atoms with Crippen LogP contribution in [-0.2, 0) is 0 Å². The van der Waals surface area contributed by atoms with E-state index in [2.05, 4.69) is 55.7 Å². The molecule has 0 aliphatic carbocycles. The lowest BCUT2D eigenvalue weighted by Crippen LogP contribution is -2.24. The lowest BCUT2D eigenvalue weighted by atomic mass is 10.00. The Bertz CT molecular complexity index is 504. The number of benzene rings is 1. The third-order valence-corrected chi connectivity index (χ3v) is 4.63. The molecule has 3 heteroatoms. The predicted octanol–water partition coefficient (Wildman–Crippen LogP) is 4.26. The minimum atomic E-state index is -0.460. The summed E-state index contributed by atoms with van der Waals surface area (Å²) < 4.78 is 0. The Kier molecular flexibility index (Phi) is 5.35. The van der Waals surface area contributed by atoms with Gasteiger partial charge in [-0.3, -0.25) is 0 Å². The van der Waals surface area contributed by atoms with E-state index in [1.807, 2.05) is 12.1 Å². The third kappa shape index (κ3) is 3.92. The first kappa shape index (κ1) is 15.2.